The Kier molecular flexibility index (Phi) is 4.80. The van der Waals surface area contributed by atoms with Crippen molar-refractivity contribution < 1.29 is 14.3 Å². The second kappa shape index (κ2) is 6.36. The van der Waals surface area contributed by atoms with Crippen molar-refractivity contribution in [2.45, 2.75) is 50.7 Å². The van der Waals surface area contributed by atoms with E-state index in [-0.39, 0.29) is 12.1 Å². The predicted octanol–water partition coefficient (Wildman–Crippen LogP) is 1.58. The smallest absolute Gasteiger partial charge is 0.336 e. The van der Waals surface area contributed by atoms with Gasteiger partial charge in [0.25, 0.3) is 0 Å². The minimum Gasteiger partial charge on any atom is -0.467 e. The lowest BCUT2D eigenvalue weighted by atomic mass is 10.1. The molecule has 0 spiro atoms. The van der Waals surface area contributed by atoms with Gasteiger partial charge in [-0.3, -0.25) is 4.90 Å². The zero-order valence-corrected chi connectivity index (χ0v) is 10.7. The van der Waals surface area contributed by atoms with E-state index in [4.69, 9.17) is 9.47 Å². The highest BCUT2D eigenvalue weighted by Gasteiger charge is 2.31. The highest BCUT2D eigenvalue weighted by atomic mass is 16.6. The largest absolute Gasteiger partial charge is 0.467 e. The summed E-state index contributed by atoms with van der Waals surface area (Å²) >= 11 is 0. The summed E-state index contributed by atoms with van der Waals surface area (Å²) < 4.78 is 10.2. The number of rotatable bonds is 2. The third-order valence-corrected chi connectivity index (χ3v) is 3.90. The van der Waals surface area contributed by atoms with E-state index < -0.39 is 0 Å². The molecule has 1 saturated heterocycles. The number of hydrogen-bond donors (Lipinski definition) is 0. The number of carbonyl (C=O) groups is 1. The number of esters is 1. The van der Waals surface area contributed by atoms with Crippen LogP contribution < -0.4 is 0 Å². The van der Waals surface area contributed by atoms with Crippen molar-refractivity contribution in [1.82, 2.24) is 4.90 Å². The standard InChI is InChI=1S/C13H23NO3/c1-16-13(15)12-10-14(8-9-17-12)11-6-4-2-3-5-7-11/h11-12H,2-10H2,1H3. The second-order valence-corrected chi connectivity index (χ2v) is 5.02. The average molecular weight is 241 g/mol. The Morgan fingerprint density at radius 3 is 2.59 bits per heavy atom. The van der Waals surface area contributed by atoms with Crippen molar-refractivity contribution in [1.29, 1.82) is 0 Å². The van der Waals surface area contributed by atoms with Crippen LogP contribution in [-0.4, -0.2) is 49.8 Å². The maximum atomic E-state index is 11.5. The number of morpholine rings is 1. The van der Waals surface area contributed by atoms with Gasteiger partial charge in [0.15, 0.2) is 6.10 Å². The first-order valence-electron chi connectivity index (χ1n) is 6.74. The summed E-state index contributed by atoms with van der Waals surface area (Å²) in [6.45, 7) is 2.31. The van der Waals surface area contributed by atoms with E-state index in [2.05, 4.69) is 4.90 Å². The van der Waals surface area contributed by atoms with Crippen LogP contribution in [-0.2, 0) is 14.3 Å². The molecule has 2 aliphatic rings. The molecule has 2 fully saturated rings. The van der Waals surface area contributed by atoms with Gasteiger partial charge in [0.1, 0.15) is 0 Å². The normalized spacial score (nSPS) is 28.6. The van der Waals surface area contributed by atoms with E-state index in [9.17, 15) is 4.79 Å². The number of nitrogens with zero attached hydrogens (tertiary/aromatic N) is 1. The quantitative estimate of drug-likeness (QED) is 0.543. The first-order chi connectivity index (χ1) is 8.31. The van der Waals surface area contributed by atoms with Gasteiger partial charge in [-0.05, 0) is 12.8 Å². The lowest BCUT2D eigenvalue weighted by molar-refractivity contribution is -0.161. The zero-order chi connectivity index (χ0) is 12.1. The molecule has 4 heteroatoms. The highest BCUT2D eigenvalue weighted by Crippen LogP contribution is 2.23. The van der Waals surface area contributed by atoms with E-state index in [1.165, 1.54) is 45.6 Å². The maximum Gasteiger partial charge on any atom is 0.336 e. The molecule has 17 heavy (non-hydrogen) atoms. The van der Waals surface area contributed by atoms with Gasteiger partial charge >= 0.3 is 5.97 Å². The maximum absolute atomic E-state index is 11.5. The fraction of sp³-hybridized carbons (Fsp3) is 0.923. The number of ether oxygens (including phenoxy) is 2. The second-order valence-electron chi connectivity index (χ2n) is 5.02. The van der Waals surface area contributed by atoms with Crippen LogP contribution in [0.3, 0.4) is 0 Å². The molecule has 98 valence electrons. The van der Waals surface area contributed by atoms with Crippen molar-refractivity contribution in [2.75, 3.05) is 26.8 Å². The minimum atomic E-state index is -0.378. The molecular formula is C13H23NO3. The van der Waals surface area contributed by atoms with Crippen LogP contribution in [0, 0.1) is 0 Å². The third kappa shape index (κ3) is 3.42. The average Bonchev–Trinajstić information content (AvgIpc) is 2.67. The Bertz CT molecular complexity index is 249. The summed E-state index contributed by atoms with van der Waals surface area (Å²) in [5.74, 6) is -0.233. The molecule has 0 aromatic rings. The molecule has 0 amide bonds. The molecular weight excluding hydrogens is 218 g/mol. The van der Waals surface area contributed by atoms with Crippen LogP contribution in [0.25, 0.3) is 0 Å². The van der Waals surface area contributed by atoms with E-state index in [1.807, 2.05) is 0 Å². The molecule has 0 N–H and O–H groups in total. The third-order valence-electron chi connectivity index (χ3n) is 3.90. The fourth-order valence-corrected chi connectivity index (χ4v) is 2.90. The first kappa shape index (κ1) is 12.8. The van der Waals surface area contributed by atoms with E-state index >= 15 is 0 Å². The molecule has 1 aliphatic carbocycles. The monoisotopic (exact) mass is 241 g/mol. The summed E-state index contributed by atoms with van der Waals surface area (Å²) in [6, 6.07) is 0.647. The van der Waals surface area contributed by atoms with E-state index in [0.29, 0.717) is 19.2 Å². The van der Waals surface area contributed by atoms with Crippen LogP contribution in [0.2, 0.25) is 0 Å². The molecule has 0 radical (unpaired) electrons. The fourth-order valence-electron chi connectivity index (χ4n) is 2.90. The molecule has 4 nitrogen and oxygen atoms in total. The zero-order valence-electron chi connectivity index (χ0n) is 10.7. The Morgan fingerprint density at radius 2 is 1.94 bits per heavy atom. The van der Waals surface area contributed by atoms with Crippen molar-refractivity contribution in [3.63, 3.8) is 0 Å². The van der Waals surface area contributed by atoms with Crippen molar-refractivity contribution in [2.24, 2.45) is 0 Å². The van der Waals surface area contributed by atoms with Crippen molar-refractivity contribution in [3.05, 3.63) is 0 Å². The van der Waals surface area contributed by atoms with Gasteiger partial charge in [-0.25, -0.2) is 4.79 Å². The predicted molar refractivity (Wildman–Crippen MR) is 64.8 cm³/mol. The SMILES string of the molecule is COC(=O)C1CN(C2CCCCCC2)CCO1. The molecule has 1 unspecified atom stereocenters. The van der Waals surface area contributed by atoms with Gasteiger partial charge < -0.3 is 9.47 Å². The Morgan fingerprint density at radius 1 is 1.24 bits per heavy atom. The molecule has 1 aliphatic heterocycles. The Balaban J connectivity index is 1.89. The van der Waals surface area contributed by atoms with Crippen molar-refractivity contribution >= 4 is 5.97 Å². The lowest BCUT2D eigenvalue weighted by Crippen LogP contribution is -2.50. The topological polar surface area (TPSA) is 38.8 Å². The van der Waals surface area contributed by atoms with Crippen molar-refractivity contribution in [3.8, 4) is 0 Å². The summed E-state index contributed by atoms with van der Waals surface area (Å²) in [4.78, 5) is 13.9. The van der Waals surface area contributed by atoms with Gasteiger partial charge in [0.05, 0.1) is 13.7 Å². The number of methoxy groups -OCH3 is 1. The molecule has 0 aromatic heterocycles. The van der Waals surface area contributed by atoms with Crippen LogP contribution in [0.15, 0.2) is 0 Å². The molecule has 0 aromatic carbocycles. The van der Waals surface area contributed by atoms with Gasteiger partial charge in [-0.2, -0.15) is 0 Å². The molecule has 1 atom stereocenters. The van der Waals surface area contributed by atoms with Gasteiger partial charge in [0.2, 0.25) is 0 Å². The van der Waals surface area contributed by atoms with Crippen LogP contribution in [0.1, 0.15) is 38.5 Å². The Labute approximate surface area is 103 Å². The number of hydrogen-bond acceptors (Lipinski definition) is 4. The van der Waals surface area contributed by atoms with E-state index in [1.54, 1.807) is 0 Å². The van der Waals surface area contributed by atoms with E-state index in [0.717, 1.165) is 6.54 Å². The van der Waals surface area contributed by atoms with Crippen LogP contribution >= 0.6 is 0 Å². The van der Waals surface area contributed by atoms with Gasteiger partial charge in [0, 0.05) is 19.1 Å². The number of carbonyl (C=O) groups excluding carboxylic acids is 1. The van der Waals surface area contributed by atoms with Gasteiger partial charge in [-0.15, -0.1) is 0 Å². The minimum absolute atomic E-state index is 0.233. The summed E-state index contributed by atoms with van der Waals surface area (Å²) in [6.07, 6.45) is 7.54. The summed E-state index contributed by atoms with van der Waals surface area (Å²) in [5, 5.41) is 0. The summed E-state index contributed by atoms with van der Waals surface area (Å²) in [5.41, 5.74) is 0. The van der Waals surface area contributed by atoms with Gasteiger partial charge in [-0.1, -0.05) is 25.7 Å². The Hall–Kier alpha value is -0.610. The molecule has 1 saturated carbocycles. The van der Waals surface area contributed by atoms with Crippen LogP contribution in [0.5, 0.6) is 0 Å². The summed E-state index contributed by atoms with van der Waals surface area (Å²) in [7, 11) is 1.43. The molecule has 0 bridgehead atoms. The first-order valence-corrected chi connectivity index (χ1v) is 6.74. The molecule has 2 rings (SSSR count). The van der Waals surface area contributed by atoms with Crippen LogP contribution in [0.4, 0.5) is 0 Å². The lowest BCUT2D eigenvalue weighted by Gasteiger charge is -2.37. The highest BCUT2D eigenvalue weighted by molar-refractivity contribution is 5.74. The molecule has 1 heterocycles.